The van der Waals surface area contributed by atoms with Crippen LogP contribution >= 0.6 is 23.2 Å². The molecule has 0 bridgehead atoms. The second kappa shape index (κ2) is 3.41. The molecular formula is C6H4Cl2F2N2. The molecule has 1 aromatic rings. The number of rotatable bonds is 1. The van der Waals surface area contributed by atoms with Crippen molar-refractivity contribution in [2.75, 3.05) is 5.73 Å². The first kappa shape index (κ1) is 9.48. The third-order valence-corrected chi connectivity index (χ3v) is 1.97. The minimum absolute atomic E-state index is 0.000988. The summed E-state index contributed by atoms with van der Waals surface area (Å²) in [7, 11) is 0. The Bertz CT molecular complexity index is 281. The van der Waals surface area contributed by atoms with Crippen LogP contribution in [0.3, 0.4) is 0 Å². The molecule has 0 spiro atoms. The molecule has 0 aliphatic carbocycles. The molecule has 66 valence electrons. The second-order valence-corrected chi connectivity index (χ2v) is 2.81. The van der Waals surface area contributed by atoms with Gasteiger partial charge in [0.1, 0.15) is 16.5 Å². The average Bonchev–Trinajstić information content (AvgIpc) is 1.99. The Morgan fingerprint density at radius 1 is 1.42 bits per heavy atom. The van der Waals surface area contributed by atoms with Gasteiger partial charge < -0.3 is 5.73 Å². The van der Waals surface area contributed by atoms with Crippen molar-refractivity contribution in [3.05, 3.63) is 21.8 Å². The van der Waals surface area contributed by atoms with Crippen molar-refractivity contribution < 1.29 is 8.78 Å². The van der Waals surface area contributed by atoms with Gasteiger partial charge in [-0.05, 0) is 6.07 Å². The number of aromatic nitrogens is 1. The smallest absolute Gasteiger partial charge is 0.280 e. The molecule has 0 atom stereocenters. The van der Waals surface area contributed by atoms with Crippen LogP contribution in [0.25, 0.3) is 0 Å². The predicted molar refractivity (Wildman–Crippen MR) is 43.6 cm³/mol. The van der Waals surface area contributed by atoms with Gasteiger partial charge in [-0.1, -0.05) is 23.2 Å². The van der Waals surface area contributed by atoms with E-state index >= 15 is 0 Å². The minimum atomic E-state index is -2.69. The van der Waals surface area contributed by atoms with Crippen molar-refractivity contribution >= 4 is 29.0 Å². The van der Waals surface area contributed by atoms with Crippen molar-refractivity contribution in [2.24, 2.45) is 0 Å². The third-order valence-electron chi connectivity index (χ3n) is 1.18. The SMILES string of the molecule is Nc1nc(C(F)F)cc(Cl)c1Cl. The van der Waals surface area contributed by atoms with Gasteiger partial charge in [0.15, 0.2) is 0 Å². The monoisotopic (exact) mass is 212 g/mol. The summed E-state index contributed by atoms with van der Waals surface area (Å²) in [5.74, 6) is -0.181. The summed E-state index contributed by atoms with van der Waals surface area (Å²) in [4.78, 5) is 3.34. The highest BCUT2D eigenvalue weighted by molar-refractivity contribution is 6.43. The molecule has 1 rings (SSSR count). The normalized spacial score (nSPS) is 10.8. The fourth-order valence-corrected chi connectivity index (χ4v) is 0.953. The molecule has 0 amide bonds. The van der Waals surface area contributed by atoms with E-state index in [2.05, 4.69) is 4.98 Å². The lowest BCUT2D eigenvalue weighted by molar-refractivity contribution is 0.146. The largest absolute Gasteiger partial charge is 0.382 e. The lowest BCUT2D eigenvalue weighted by atomic mass is 10.3. The van der Waals surface area contributed by atoms with Crippen LogP contribution in [0.2, 0.25) is 10.0 Å². The Morgan fingerprint density at radius 3 is 2.42 bits per heavy atom. The number of nitrogens with zero attached hydrogens (tertiary/aromatic N) is 1. The maximum Gasteiger partial charge on any atom is 0.280 e. The standard InChI is InChI=1S/C6H4Cl2F2N2/c7-2-1-3(5(9)10)12-6(11)4(2)8/h1,5H,(H2,11,12). The van der Waals surface area contributed by atoms with E-state index < -0.39 is 12.1 Å². The molecule has 0 unspecified atom stereocenters. The highest BCUT2D eigenvalue weighted by Gasteiger charge is 2.13. The first-order valence-electron chi connectivity index (χ1n) is 2.92. The number of nitrogen functional groups attached to an aromatic ring is 1. The number of hydrogen-bond acceptors (Lipinski definition) is 2. The van der Waals surface area contributed by atoms with Crippen molar-refractivity contribution in [2.45, 2.75) is 6.43 Å². The van der Waals surface area contributed by atoms with Crippen molar-refractivity contribution in [3.63, 3.8) is 0 Å². The Morgan fingerprint density at radius 2 is 2.00 bits per heavy atom. The van der Waals surface area contributed by atoms with E-state index in [9.17, 15) is 8.78 Å². The molecule has 2 N–H and O–H groups in total. The zero-order valence-corrected chi connectivity index (χ0v) is 7.20. The van der Waals surface area contributed by atoms with E-state index in [1.54, 1.807) is 0 Å². The molecule has 1 aromatic heterocycles. The number of hydrogen-bond donors (Lipinski definition) is 1. The van der Waals surface area contributed by atoms with Gasteiger partial charge in [0.05, 0.1) is 5.02 Å². The average molecular weight is 213 g/mol. The van der Waals surface area contributed by atoms with Crippen LogP contribution in [0.5, 0.6) is 0 Å². The quantitative estimate of drug-likeness (QED) is 0.778. The first-order chi connectivity index (χ1) is 5.52. The molecule has 0 radical (unpaired) electrons. The highest BCUT2D eigenvalue weighted by atomic mass is 35.5. The Kier molecular flexibility index (Phi) is 2.69. The second-order valence-electron chi connectivity index (χ2n) is 2.03. The number of anilines is 1. The molecule has 0 aliphatic heterocycles. The van der Waals surface area contributed by atoms with E-state index in [-0.39, 0.29) is 15.9 Å². The topological polar surface area (TPSA) is 38.9 Å². The number of nitrogens with two attached hydrogens (primary N) is 1. The molecular weight excluding hydrogens is 209 g/mol. The zero-order chi connectivity index (χ0) is 9.30. The van der Waals surface area contributed by atoms with Crippen molar-refractivity contribution in [3.8, 4) is 0 Å². The minimum Gasteiger partial charge on any atom is -0.382 e. The molecule has 0 fully saturated rings. The van der Waals surface area contributed by atoms with E-state index in [1.165, 1.54) is 0 Å². The van der Waals surface area contributed by atoms with Crippen LogP contribution in [-0.2, 0) is 0 Å². The number of halogens is 4. The van der Waals surface area contributed by atoms with Gasteiger partial charge in [-0.25, -0.2) is 13.8 Å². The Hall–Kier alpha value is -0.610. The molecule has 0 aliphatic rings. The van der Waals surface area contributed by atoms with Crippen LogP contribution in [0, 0.1) is 0 Å². The first-order valence-corrected chi connectivity index (χ1v) is 3.67. The molecule has 12 heavy (non-hydrogen) atoms. The summed E-state index contributed by atoms with van der Waals surface area (Å²) in [6.45, 7) is 0. The van der Waals surface area contributed by atoms with Crippen LogP contribution in [0.4, 0.5) is 14.6 Å². The summed E-state index contributed by atoms with van der Waals surface area (Å²) in [5.41, 5.74) is 4.73. The Labute approximate surface area is 77.3 Å². The lowest BCUT2D eigenvalue weighted by Crippen LogP contribution is -1.97. The summed E-state index contributed by atoms with van der Waals surface area (Å²) in [5, 5.41) is -0.0134. The van der Waals surface area contributed by atoms with Gasteiger partial charge in [0, 0.05) is 0 Å². The van der Waals surface area contributed by atoms with Gasteiger partial charge in [0.2, 0.25) is 0 Å². The fraction of sp³-hybridized carbons (Fsp3) is 0.167. The van der Waals surface area contributed by atoms with Crippen LogP contribution in [0.1, 0.15) is 12.1 Å². The fourth-order valence-electron chi connectivity index (χ4n) is 0.648. The summed E-state index contributed by atoms with van der Waals surface area (Å²) in [6, 6.07) is 0.991. The maximum absolute atomic E-state index is 12.0. The molecule has 0 saturated carbocycles. The van der Waals surface area contributed by atoms with Gasteiger partial charge in [-0.15, -0.1) is 0 Å². The lowest BCUT2D eigenvalue weighted by Gasteiger charge is -2.03. The summed E-state index contributed by atoms with van der Waals surface area (Å²) >= 11 is 11.0. The number of pyridine rings is 1. The van der Waals surface area contributed by atoms with Crippen LogP contribution < -0.4 is 5.73 Å². The van der Waals surface area contributed by atoms with E-state index in [0.717, 1.165) is 6.07 Å². The third kappa shape index (κ3) is 1.76. The van der Waals surface area contributed by atoms with Gasteiger partial charge in [0.25, 0.3) is 6.43 Å². The Balaban J connectivity index is 3.21. The maximum atomic E-state index is 12.0. The van der Waals surface area contributed by atoms with Gasteiger partial charge >= 0.3 is 0 Å². The van der Waals surface area contributed by atoms with Crippen LogP contribution in [0.15, 0.2) is 6.07 Å². The molecule has 1 heterocycles. The van der Waals surface area contributed by atoms with Crippen molar-refractivity contribution in [1.82, 2.24) is 4.98 Å². The van der Waals surface area contributed by atoms with Gasteiger partial charge in [-0.3, -0.25) is 0 Å². The van der Waals surface area contributed by atoms with Crippen molar-refractivity contribution in [1.29, 1.82) is 0 Å². The van der Waals surface area contributed by atoms with Gasteiger partial charge in [-0.2, -0.15) is 0 Å². The highest BCUT2D eigenvalue weighted by Crippen LogP contribution is 2.30. The molecule has 2 nitrogen and oxygen atoms in total. The van der Waals surface area contributed by atoms with Crippen LogP contribution in [-0.4, -0.2) is 4.98 Å². The predicted octanol–water partition coefficient (Wildman–Crippen LogP) is 2.91. The molecule has 0 aromatic carbocycles. The van der Waals surface area contributed by atoms with E-state index in [0.29, 0.717) is 0 Å². The van der Waals surface area contributed by atoms with E-state index in [4.69, 9.17) is 28.9 Å². The molecule has 0 saturated heterocycles. The summed E-state index contributed by atoms with van der Waals surface area (Å²) in [6.07, 6.45) is -2.69. The zero-order valence-electron chi connectivity index (χ0n) is 5.69. The summed E-state index contributed by atoms with van der Waals surface area (Å²) < 4.78 is 24.1. The number of alkyl halides is 2. The van der Waals surface area contributed by atoms with E-state index in [1.807, 2.05) is 0 Å². The molecule has 6 heteroatoms.